The lowest BCUT2D eigenvalue weighted by Crippen LogP contribution is -2.15. The van der Waals surface area contributed by atoms with Crippen molar-refractivity contribution in [3.63, 3.8) is 0 Å². The minimum absolute atomic E-state index is 0.0288. The standard InChI is InChI=1S/C12H12N4O5/c1-20-9-3-6(12(18)19)7(4-10(9)21-2)14-11(17)8-5-13-16-15-8/h3-5H,1-2H3,(H,14,17)(H,18,19)(H,13,15,16). The number of aromatic amines is 1. The molecule has 0 aliphatic rings. The molecule has 1 heterocycles. The molecular formula is C12H12N4O5. The van der Waals surface area contributed by atoms with Gasteiger partial charge in [0.2, 0.25) is 0 Å². The van der Waals surface area contributed by atoms with Gasteiger partial charge in [-0.05, 0) is 0 Å². The van der Waals surface area contributed by atoms with Crippen LogP contribution < -0.4 is 14.8 Å². The molecule has 0 aliphatic carbocycles. The molecule has 0 atom stereocenters. The van der Waals surface area contributed by atoms with Gasteiger partial charge >= 0.3 is 5.97 Å². The number of aromatic carboxylic acids is 1. The maximum absolute atomic E-state index is 11.9. The van der Waals surface area contributed by atoms with Crippen molar-refractivity contribution in [3.8, 4) is 11.5 Å². The summed E-state index contributed by atoms with van der Waals surface area (Å²) in [7, 11) is 2.79. The Labute approximate surface area is 118 Å². The van der Waals surface area contributed by atoms with Crippen LogP contribution in [0, 0.1) is 0 Å². The molecule has 1 aromatic carbocycles. The SMILES string of the molecule is COc1cc(NC(=O)c2cn[nH]n2)c(C(=O)O)cc1OC. The number of amides is 1. The van der Waals surface area contributed by atoms with Crippen molar-refractivity contribution in [1.29, 1.82) is 0 Å². The molecule has 2 aromatic rings. The number of carboxylic acids is 1. The normalized spacial score (nSPS) is 10.0. The lowest BCUT2D eigenvalue weighted by Gasteiger charge is -2.13. The molecule has 0 fully saturated rings. The Morgan fingerprint density at radius 2 is 1.90 bits per heavy atom. The van der Waals surface area contributed by atoms with Gasteiger partial charge in [-0.1, -0.05) is 0 Å². The Morgan fingerprint density at radius 1 is 1.24 bits per heavy atom. The summed E-state index contributed by atoms with van der Waals surface area (Å²) in [4.78, 5) is 23.2. The van der Waals surface area contributed by atoms with Gasteiger partial charge in [-0.2, -0.15) is 15.4 Å². The second-order valence-electron chi connectivity index (χ2n) is 3.87. The first-order valence-electron chi connectivity index (χ1n) is 5.73. The summed E-state index contributed by atoms with van der Waals surface area (Å²) in [5.74, 6) is -1.28. The number of anilines is 1. The zero-order valence-electron chi connectivity index (χ0n) is 11.2. The average molecular weight is 292 g/mol. The molecule has 0 bridgehead atoms. The van der Waals surface area contributed by atoms with E-state index in [1.165, 1.54) is 32.5 Å². The third kappa shape index (κ3) is 2.91. The highest BCUT2D eigenvalue weighted by Crippen LogP contribution is 2.33. The Kier molecular flexibility index (Phi) is 4.02. The van der Waals surface area contributed by atoms with Crippen LogP contribution in [0.1, 0.15) is 20.8 Å². The smallest absolute Gasteiger partial charge is 0.337 e. The highest BCUT2D eigenvalue weighted by molar-refractivity contribution is 6.07. The molecule has 1 amide bonds. The number of benzene rings is 1. The topological polar surface area (TPSA) is 126 Å². The van der Waals surface area contributed by atoms with Gasteiger partial charge in [-0.15, -0.1) is 0 Å². The largest absolute Gasteiger partial charge is 0.493 e. The molecule has 2 rings (SSSR count). The van der Waals surface area contributed by atoms with E-state index < -0.39 is 11.9 Å². The van der Waals surface area contributed by atoms with Crippen molar-refractivity contribution in [2.75, 3.05) is 19.5 Å². The summed E-state index contributed by atoms with van der Waals surface area (Å²) >= 11 is 0. The van der Waals surface area contributed by atoms with Crippen LogP contribution in [0.15, 0.2) is 18.3 Å². The van der Waals surface area contributed by atoms with Gasteiger partial charge in [-0.25, -0.2) is 4.79 Å². The van der Waals surface area contributed by atoms with E-state index in [1.54, 1.807) is 0 Å². The van der Waals surface area contributed by atoms with Gasteiger partial charge < -0.3 is 19.9 Å². The lowest BCUT2D eigenvalue weighted by molar-refractivity contribution is 0.0697. The van der Waals surface area contributed by atoms with Crippen LogP contribution in [-0.2, 0) is 0 Å². The van der Waals surface area contributed by atoms with Crippen LogP contribution in [0.5, 0.6) is 11.5 Å². The average Bonchev–Trinajstić information content (AvgIpc) is 3.00. The molecule has 9 nitrogen and oxygen atoms in total. The molecule has 9 heteroatoms. The second kappa shape index (κ2) is 5.90. The van der Waals surface area contributed by atoms with E-state index in [4.69, 9.17) is 9.47 Å². The van der Waals surface area contributed by atoms with Crippen molar-refractivity contribution in [1.82, 2.24) is 15.4 Å². The van der Waals surface area contributed by atoms with E-state index in [0.29, 0.717) is 0 Å². The van der Waals surface area contributed by atoms with Crippen LogP contribution in [-0.4, -0.2) is 46.6 Å². The number of methoxy groups -OCH3 is 2. The van der Waals surface area contributed by atoms with Crippen molar-refractivity contribution in [3.05, 3.63) is 29.6 Å². The van der Waals surface area contributed by atoms with E-state index in [2.05, 4.69) is 20.7 Å². The van der Waals surface area contributed by atoms with E-state index in [-0.39, 0.29) is 28.4 Å². The first-order chi connectivity index (χ1) is 10.1. The summed E-state index contributed by atoms with van der Waals surface area (Å²) in [5.41, 5.74) is -0.0428. The molecule has 0 aliphatic heterocycles. The quantitative estimate of drug-likeness (QED) is 0.742. The van der Waals surface area contributed by atoms with Gasteiger partial charge in [0.1, 0.15) is 0 Å². The van der Waals surface area contributed by atoms with Gasteiger partial charge in [0.05, 0.1) is 31.7 Å². The summed E-state index contributed by atoms with van der Waals surface area (Å²) < 4.78 is 10.1. The van der Waals surface area contributed by atoms with Gasteiger partial charge in [0.15, 0.2) is 17.2 Å². The number of nitrogens with one attached hydrogen (secondary N) is 2. The van der Waals surface area contributed by atoms with Crippen molar-refractivity contribution in [2.24, 2.45) is 0 Å². The Balaban J connectivity index is 2.41. The molecule has 21 heavy (non-hydrogen) atoms. The van der Waals surface area contributed by atoms with Crippen LogP contribution >= 0.6 is 0 Å². The molecule has 0 saturated carbocycles. The van der Waals surface area contributed by atoms with Crippen molar-refractivity contribution >= 4 is 17.6 Å². The number of rotatable bonds is 5. The third-order valence-corrected chi connectivity index (χ3v) is 2.65. The maximum atomic E-state index is 11.9. The number of carbonyl (C=O) groups excluding carboxylic acids is 1. The minimum Gasteiger partial charge on any atom is -0.493 e. The summed E-state index contributed by atoms with van der Waals surface area (Å²) in [6.07, 6.45) is 1.22. The molecule has 0 unspecified atom stereocenters. The fourth-order valence-electron chi connectivity index (χ4n) is 1.66. The number of hydrogen-bond donors (Lipinski definition) is 3. The van der Waals surface area contributed by atoms with E-state index in [0.717, 1.165) is 0 Å². The predicted octanol–water partition coefficient (Wildman–Crippen LogP) is 0.772. The zero-order chi connectivity index (χ0) is 15.4. The maximum Gasteiger partial charge on any atom is 0.337 e. The zero-order valence-corrected chi connectivity index (χ0v) is 11.2. The third-order valence-electron chi connectivity index (χ3n) is 2.65. The van der Waals surface area contributed by atoms with Crippen LogP contribution in [0.4, 0.5) is 5.69 Å². The van der Waals surface area contributed by atoms with Gasteiger partial charge in [-0.3, -0.25) is 4.79 Å². The van der Waals surface area contributed by atoms with E-state index in [1.807, 2.05) is 0 Å². The van der Waals surface area contributed by atoms with E-state index >= 15 is 0 Å². The highest BCUT2D eigenvalue weighted by atomic mass is 16.5. The summed E-state index contributed by atoms with van der Waals surface area (Å²) in [5, 5.41) is 21.1. The molecule has 0 spiro atoms. The lowest BCUT2D eigenvalue weighted by atomic mass is 10.1. The Morgan fingerprint density at radius 3 is 2.43 bits per heavy atom. The first kappa shape index (κ1) is 14.3. The van der Waals surface area contributed by atoms with E-state index in [9.17, 15) is 14.7 Å². The number of ether oxygens (including phenoxy) is 2. The van der Waals surface area contributed by atoms with Crippen LogP contribution in [0.25, 0.3) is 0 Å². The molecule has 110 valence electrons. The number of H-pyrrole nitrogens is 1. The number of nitrogens with zero attached hydrogens (tertiary/aromatic N) is 2. The number of hydrogen-bond acceptors (Lipinski definition) is 6. The van der Waals surface area contributed by atoms with Crippen molar-refractivity contribution in [2.45, 2.75) is 0 Å². The van der Waals surface area contributed by atoms with Gasteiger partial charge in [0, 0.05) is 12.1 Å². The molecule has 3 N–H and O–H groups in total. The summed E-state index contributed by atoms with van der Waals surface area (Å²) in [6, 6.07) is 2.62. The number of aromatic nitrogens is 3. The minimum atomic E-state index is -1.22. The number of carbonyl (C=O) groups is 2. The first-order valence-corrected chi connectivity index (χ1v) is 5.73. The Hall–Kier alpha value is -3.10. The molecule has 0 saturated heterocycles. The Bertz CT molecular complexity index is 669. The fraction of sp³-hybridized carbons (Fsp3) is 0.167. The number of carboxylic acid groups (broad SMARTS) is 1. The summed E-state index contributed by atoms with van der Waals surface area (Å²) in [6.45, 7) is 0. The van der Waals surface area contributed by atoms with Crippen LogP contribution in [0.2, 0.25) is 0 Å². The second-order valence-corrected chi connectivity index (χ2v) is 3.87. The molecular weight excluding hydrogens is 280 g/mol. The predicted molar refractivity (Wildman–Crippen MR) is 70.8 cm³/mol. The van der Waals surface area contributed by atoms with Crippen molar-refractivity contribution < 1.29 is 24.2 Å². The fourth-order valence-corrected chi connectivity index (χ4v) is 1.66. The van der Waals surface area contributed by atoms with Crippen LogP contribution in [0.3, 0.4) is 0 Å². The molecule has 0 radical (unpaired) electrons. The molecule has 1 aromatic heterocycles. The highest BCUT2D eigenvalue weighted by Gasteiger charge is 2.19. The monoisotopic (exact) mass is 292 g/mol. The van der Waals surface area contributed by atoms with Gasteiger partial charge in [0.25, 0.3) is 5.91 Å².